The highest BCUT2D eigenvalue weighted by atomic mass is 19.1. The van der Waals surface area contributed by atoms with Crippen LogP contribution in [0.2, 0.25) is 0 Å². The van der Waals surface area contributed by atoms with Crippen molar-refractivity contribution in [3.63, 3.8) is 0 Å². The molecule has 116 valence electrons. The van der Waals surface area contributed by atoms with Crippen LogP contribution >= 0.6 is 0 Å². The molecule has 2 fully saturated rings. The summed E-state index contributed by atoms with van der Waals surface area (Å²) in [6, 6.07) is 5.63. The van der Waals surface area contributed by atoms with Crippen LogP contribution in [0.25, 0.3) is 0 Å². The molecule has 2 heterocycles. The quantitative estimate of drug-likeness (QED) is 0.854. The Balaban J connectivity index is 1.62. The van der Waals surface area contributed by atoms with Crippen molar-refractivity contribution in [3.05, 3.63) is 29.6 Å². The van der Waals surface area contributed by atoms with E-state index in [1.54, 1.807) is 13.2 Å². The Kier molecular flexibility index (Phi) is 4.76. The Morgan fingerprint density at radius 2 is 1.86 bits per heavy atom. The summed E-state index contributed by atoms with van der Waals surface area (Å²) in [4.78, 5) is 2.61. The van der Waals surface area contributed by atoms with Gasteiger partial charge in [0, 0.05) is 25.3 Å². The van der Waals surface area contributed by atoms with Gasteiger partial charge in [-0.15, -0.1) is 0 Å². The van der Waals surface area contributed by atoms with E-state index < -0.39 is 0 Å². The highest BCUT2D eigenvalue weighted by molar-refractivity contribution is 5.37. The normalized spacial score (nSPS) is 22.4. The summed E-state index contributed by atoms with van der Waals surface area (Å²) in [6.07, 6.45) is 4.56. The van der Waals surface area contributed by atoms with Crippen molar-refractivity contribution < 1.29 is 13.9 Å². The number of nitrogens with zero attached hydrogens (tertiary/aromatic N) is 1. The first-order valence-electron chi connectivity index (χ1n) is 7.93. The van der Waals surface area contributed by atoms with Crippen LogP contribution in [0.1, 0.15) is 37.2 Å². The largest absolute Gasteiger partial charge is 0.496 e. The van der Waals surface area contributed by atoms with Gasteiger partial charge in [0.25, 0.3) is 0 Å². The van der Waals surface area contributed by atoms with Gasteiger partial charge in [-0.3, -0.25) is 0 Å². The number of benzene rings is 1. The molecule has 0 unspecified atom stereocenters. The van der Waals surface area contributed by atoms with E-state index in [2.05, 4.69) is 4.90 Å². The van der Waals surface area contributed by atoms with E-state index in [0.29, 0.717) is 17.7 Å². The van der Waals surface area contributed by atoms with E-state index in [1.807, 2.05) is 6.07 Å². The zero-order valence-electron chi connectivity index (χ0n) is 12.7. The van der Waals surface area contributed by atoms with Crippen molar-refractivity contribution in [3.8, 4) is 5.75 Å². The SMILES string of the molecule is COc1cc(F)ccc1C1CCN(C2CCOCC2)CC1. The van der Waals surface area contributed by atoms with E-state index in [-0.39, 0.29) is 5.82 Å². The lowest BCUT2D eigenvalue weighted by atomic mass is 9.87. The number of hydrogen-bond donors (Lipinski definition) is 0. The molecule has 0 aromatic heterocycles. The molecule has 0 N–H and O–H groups in total. The molecule has 4 heteroatoms. The third-order valence-electron chi connectivity index (χ3n) is 4.87. The summed E-state index contributed by atoms with van der Waals surface area (Å²) < 4.78 is 24.1. The summed E-state index contributed by atoms with van der Waals surface area (Å²) in [5.74, 6) is 0.950. The number of hydrogen-bond acceptors (Lipinski definition) is 3. The van der Waals surface area contributed by atoms with Crippen LogP contribution in [0.15, 0.2) is 18.2 Å². The Labute approximate surface area is 126 Å². The van der Waals surface area contributed by atoms with E-state index in [4.69, 9.17) is 9.47 Å². The molecule has 0 atom stereocenters. The second-order valence-corrected chi connectivity index (χ2v) is 6.04. The molecule has 0 radical (unpaired) electrons. The van der Waals surface area contributed by atoms with Crippen LogP contribution in [0.3, 0.4) is 0 Å². The molecule has 2 aliphatic heterocycles. The van der Waals surface area contributed by atoms with Gasteiger partial charge in [-0.2, -0.15) is 0 Å². The van der Waals surface area contributed by atoms with Crippen molar-refractivity contribution in [1.82, 2.24) is 4.90 Å². The molecule has 2 aliphatic rings. The maximum Gasteiger partial charge on any atom is 0.126 e. The van der Waals surface area contributed by atoms with Crippen LogP contribution in [-0.4, -0.2) is 44.4 Å². The van der Waals surface area contributed by atoms with Crippen LogP contribution in [0.4, 0.5) is 4.39 Å². The van der Waals surface area contributed by atoms with Crippen molar-refractivity contribution in [1.29, 1.82) is 0 Å². The minimum absolute atomic E-state index is 0.227. The van der Waals surface area contributed by atoms with Crippen LogP contribution in [0.5, 0.6) is 5.75 Å². The lowest BCUT2D eigenvalue weighted by molar-refractivity contribution is 0.0251. The smallest absolute Gasteiger partial charge is 0.126 e. The molecule has 0 spiro atoms. The third kappa shape index (κ3) is 3.38. The molecule has 1 aromatic rings. The Morgan fingerprint density at radius 3 is 2.52 bits per heavy atom. The van der Waals surface area contributed by atoms with Crippen molar-refractivity contribution >= 4 is 0 Å². The van der Waals surface area contributed by atoms with Gasteiger partial charge in [-0.1, -0.05) is 6.07 Å². The molecule has 0 amide bonds. The summed E-state index contributed by atoms with van der Waals surface area (Å²) >= 11 is 0. The van der Waals surface area contributed by atoms with Gasteiger partial charge in [-0.25, -0.2) is 4.39 Å². The zero-order valence-corrected chi connectivity index (χ0v) is 12.7. The topological polar surface area (TPSA) is 21.7 Å². The first-order chi connectivity index (χ1) is 10.3. The van der Waals surface area contributed by atoms with E-state index in [9.17, 15) is 4.39 Å². The molecule has 21 heavy (non-hydrogen) atoms. The molecular weight excluding hydrogens is 269 g/mol. The molecule has 0 saturated carbocycles. The first kappa shape index (κ1) is 14.8. The maximum absolute atomic E-state index is 13.3. The second kappa shape index (κ2) is 6.75. The number of ether oxygens (including phenoxy) is 2. The molecule has 1 aromatic carbocycles. The standard InChI is InChI=1S/C17H24FNO2/c1-20-17-12-14(18)2-3-16(17)13-4-8-19(9-5-13)15-6-10-21-11-7-15/h2-3,12-13,15H,4-11H2,1H3. The van der Waals surface area contributed by atoms with E-state index >= 15 is 0 Å². The van der Waals surface area contributed by atoms with Gasteiger partial charge >= 0.3 is 0 Å². The van der Waals surface area contributed by atoms with Gasteiger partial charge in [0.1, 0.15) is 11.6 Å². The number of piperidine rings is 1. The zero-order chi connectivity index (χ0) is 14.7. The lowest BCUT2D eigenvalue weighted by Gasteiger charge is -2.39. The van der Waals surface area contributed by atoms with Gasteiger partial charge in [0.05, 0.1) is 7.11 Å². The summed E-state index contributed by atoms with van der Waals surface area (Å²) in [6.45, 7) is 4.04. The van der Waals surface area contributed by atoms with E-state index in [1.165, 1.54) is 6.07 Å². The Bertz CT molecular complexity index is 466. The van der Waals surface area contributed by atoms with Crippen molar-refractivity contribution in [2.45, 2.75) is 37.6 Å². The highest BCUT2D eigenvalue weighted by Crippen LogP contribution is 2.35. The number of methoxy groups -OCH3 is 1. The summed E-state index contributed by atoms with van der Waals surface area (Å²) in [5, 5.41) is 0. The predicted molar refractivity (Wildman–Crippen MR) is 80.3 cm³/mol. The van der Waals surface area contributed by atoms with Crippen molar-refractivity contribution in [2.24, 2.45) is 0 Å². The van der Waals surface area contributed by atoms with Gasteiger partial charge < -0.3 is 14.4 Å². The minimum Gasteiger partial charge on any atom is -0.496 e. The molecule has 0 bridgehead atoms. The lowest BCUT2D eigenvalue weighted by Crippen LogP contribution is -2.43. The number of likely N-dealkylation sites (tertiary alicyclic amines) is 1. The Hall–Kier alpha value is -1.13. The molecule has 3 nitrogen and oxygen atoms in total. The van der Waals surface area contributed by atoms with Crippen molar-refractivity contribution in [2.75, 3.05) is 33.4 Å². The molecule has 3 rings (SSSR count). The summed E-state index contributed by atoms with van der Waals surface area (Å²) in [5.41, 5.74) is 1.16. The predicted octanol–water partition coefficient (Wildman–Crippen LogP) is 3.19. The van der Waals surface area contributed by atoms with Gasteiger partial charge in [0.15, 0.2) is 0 Å². The second-order valence-electron chi connectivity index (χ2n) is 6.04. The molecular formula is C17H24FNO2. The molecule has 2 saturated heterocycles. The highest BCUT2D eigenvalue weighted by Gasteiger charge is 2.28. The molecule has 0 aliphatic carbocycles. The van der Waals surface area contributed by atoms with Gasteiger partial charge in [0.2, 0.25) is 0 Å². The minimum atomic E-state index is -0.227. The monoisotopic (exact) mass is 293 g/mol. The average Bonchev–Trinajstić information content (AvgIpc) is 2.56. The summed E-state index contributed by atoms with van der Waals surface area (Å²) in [7, 11) is 1.62. The Morgan fingerprint density at radius 1 is 1.14 bits per heavy atom. The third-order valence-corrected chi connectivity index (χ3v) is 4.87. The fourth-order valence-electron chi connectivity index (χ4n) is 3.65. The maximum atomic E-state index is 13.3. The number of rotatable bonds is 3. The van der Waals surface area contributed by atoms with Gasteiger partial charge in [-0.05, 0) is 56.3 Å². The number of halogens is 1. The van der Waals surface area contributed by atoms with Crippen LogP contribution in [-0.2, 0) is 4.74 Å². The van der Waals surface area contributed by atoms with E-state index in [0.717, 1.165) is 57.6 Å². The fourth-order valence-corrected chi connectivity index (χ4v) is 3.65. The van der Waals surface area contributed by atoms with Crippen LogP contribution < -0.4 is 4.74 Å². The average molecular weight is 293 g/mol. The van der Waals surface area contributed by atoms with Crippen LogP contribution in [0, 0.1) is 5.82 Å². The fraction of sp³-hybridized carbons (Fsp3) is 0.647. The first-order valence-corrected chi connectivity index (χ1v) is 7.93.